The molecular weight excluding hydrogens is 224 g/mol. The minimum atomic E-state index is -0.579. The van der Waals surface area contributed by atoms with Crippen LogP contribution in [0.1, 0.15) is 6.92 Å². The van der Waals surface area contributed by atoms with Crippen molar-refractivity contribution in [2.45, 2.75) is 13.0 Å². The summed E-state index contributed by atoms with van der Waals surface area (Å²) in [6.45, 7) is 1.29. The first kappa shape index (κ1) is 11.4. The zero-order chi connectivity index (χ0) is 12.4. The van der Waals surface area contributed by atoms with Crippen LogP contribution in [0.15, 0.2) is 33.5 Å². The SMILES string of the molecule is COC1C=C2C(=O)N=CN=C2C=C1OC(C)=O. The first-order chi connectivity index (χ1) is 8.11. The molecule has 1 amide bonds. The van der Waals surface area contributed by atoms with Crippen molar-refractivity contribution in [3.63, 3.8) is 0 Å². The number of carbonyl (C=O) groups is 2. The summed E-state index contributed by atoms with van der Waals surface area (Å²) in [4.78, 5) is 29.9. The molecule has 0 aromatic rings. The maximum absolute atomic E-state index is 11.5. The van der Waals surface area contributed by atoms with Gasteiger partial charge in [0.2, 0.25) is 0 Å². The standard InChI is InChI=1S/C11H10N2O4/c1-6(14)17-10-4-8-7(3-9(10)16-2)11(15)13-5-12-8/h3-5,9H,1-2H3. The summed E-state index contributed by atoms with van der Waals surface area (Å²) in [5.74, 6) is -0.521. The van der Waals surface area contributed by atoms with Crippen LogP contribution in [0.25, 0.3) is 0 Å². The predicted molar refractivity (Wildman–Crippen MR) is 59.7 cm³/mol. The van der Waals surface area contributed by atoms with E-state index in [0.717, 1.165) is 0 Å². The molecule has 6 nitrogen and oxygen atoms in total. The van der Waals surface area contributed by atoms with Crippen LogP contribution in [0.4, 0.5) is 0 Å². The molecule has 2 rings (SSSR count). The molecule has 0 bridgehead atoms. The number of esters is 1. The van der Waals surface area contributed by atoms with Gasteiger partial charge in [-0.1, -0.05) is 0 Å². The number of carbonyl (C=O) groups excluding carboxylic acids is 2. The first-order valence-electron chi connectivity index (χ1n) is 4.91. The number of fused-ring (bicyclic) bond motifs is 1. The van der Waals surface area contributed by atoms with Crippen molar-refractivity contribution in [2.75, 3.05) is 7.11 Å². The van der Waals surface area contributed by atoms with E-state index in [0.29, 0.717) is 17.0 Å². The van der Waals surface area contributed by atoms with E-state index in [4.69, 9.17) is 9.47 Å². The molecule has 0 radical (unpaired) electrons. The predicted octanol–water partition coefficient (Wildman–Crippen LogP) is 0.398. The minimum Gasteiger partial charge on any atom is -0.428 e. The summed E-state index contributed by atoms with van der Waals surface area (Å²) in [6, 6.07) is 0. The zero-order valence-corrected chi connectivity index (χ0v) is 9.34. The summed E-state index contributed by atoms with van der Waals surface area (Å²) in [5, 5.41) is 0. The van der Waals surface area contributed by atoms with Crippen molar-refractivity contribution in [3.05, 3.63) is 23.5 Å². The second-order valence-electron chi connectivity index (χ2n) is 3.44. The molecule has 1 heterocycles. The maximum atomic E-state index is 11.5. The van der Waals surface area contributed by atoms with Crippen LogP contribution in [-0.2, 0) is 19.1 Å². The van der Waals surface area contributed by atoms with Gasteiger partial charge in [-0.25, -0.2) is 4.99 Å². The van der Waals surface area contributed by atoms with E-state index in [-0.39, 0.29) is 5.91 Å². The van der Waals surface area contributed by atoms with Gasteiger partial charge in [0.05, 0.1) is 11.3 Å². The molecule has 0 aromatic carbocycles. The summed E-state index contributed by atoms with van der Waals surface area (Å²) < 4.78 is 10.1. The fourth-order valence-corrected chi connectivity index (χ4v) is 1.55. The van der Waals surface area contributed by atoms with Crippen molar-refractivity contribution in [2.24, 2.45) is 9.98 Å². The number of aliphatic imine (C=N–C) groups is 2. The maximum Gasteiger partial charge on any atom is 0.307 e. The molecule has 1 aliphatic carbocycles. The molecule has 0 saturated heterocycles. The van der Waals surface area contributed by atoms with E-state index < -0.39 is 12.1 Å². The van der Waals surface area contributed by atoms with E-state index in [1.807, 2.05) is 0 Å². The molecule has 0 spiro atoms. The Morgan fingerprint density at radius 2 is 2.24 bits per heavy atom. The summed E-state index contributed by atoms with van der Waals surface area (Å²) in [5.41, 5.74) is 0.782. The van der Waals surface area contributed by atoms with Crippen molar-refractivity contribution in [3.8, 4) is 0 Å². The van der Waals surface area contributed by atoms with Gasteiger partial charge in [0.1, 0.15) is 18.2 Å². The summed E-state index contributed by atoms with van der Waals surface area (Å²) in [7, 11) is 1.46. The molecule has 0 fully saturated rings. The Kier molecular flexibility index (Phi) is 2.97. The molecule has 1 atom stereocenters. The van der Waals surface area contributed by atoms with Gasteiger partial charge in [0, 0.05) is 20.1 Å². The van der Waals surface area contributed by atoms with Crippen LogP contribution >= 0.6 is 0 Å². The average Bonchev–Trinajstić information content (AvgIpc) is 2.28. The third-order valence-corrected chi connectivity index (χ3v) is 2.27. The van der Waals surface area contributed by atoms with Crippen LogP contribution in [-0.4, -0.2) is 37.1 Å². The monoisotopic (exact) mass is 234 g/mol. The zero-order valence-electron chi connectivity index (χ0n) is 9.34. The second kappa shape index (κ2) is 4.42. The highest BCUT2D eigenvalue weighted by Crippen LogP contribution is 2.22. The molecule has 2 aliphatic rings. The normalized spacial score (nSPS) is 22.4. The Bertz CT molecular complexity index is 500. The highest BCUT2D eigenvalue weighted by molar-refractivity contribution is 6.31. The van der Waals surface area contributed by atoms with Crippen LogP contribution in [0.3, 0.4) is 0 Å². The van der Waals surface area contributed by atoms with Gasteiger partial charge < -0.3 is 9.47 Å². The molecule has 6 heteroatoms. The van der Waals surface area contributed by atoms with Gasteiger partial charge in [-0.2, -0.15) is 4.99 Å². The van der Waals surface area contributed by atoms with Gasteiger partial charge in [0.15, 0.2) is 0 Å². The van der Waals surface area contributed by atoms with Crippen LogP contribution in [0.2, 0.25) is 0 Å². The summed E-state index contributed by atoms with van der Waals surface area (Å²) >= 11 is 0. The number of rotatable bonds is 2. The lowest BCUT2D eigenvalue weighted by Crippen LogP contribution is -2.26. The number of hydrogen-bond acceptors (Lipinski definition) is 5. The largest absolute Gasteiger partial charge is 0.428 e. The van der Waals surface area contributed by atoms with Crippen LogP contribution in [0, 0.1) is 0 Å². The number of nitrogens with zero attached hydrogens (tertiary/aromatic N) is 2. The lowest BCUT2D eigenvalue weighted by Gasteiger charge is -2.21. The van der Waals surface area contributed by atoms with E-state index in [1.165, 1.54) is 32.5 Å². The highest BCUT2D eigenvalue weighted by Gasteiger charge is 2.28. The molecule has 88 valence electrons. The third kappa shape index (κ3) is 2.21. The first-order valence-corrected chi connectivity index (χ1v) is 4.91. The van der Waals surface area contributed by atoms with E-state index in [1.54, 1.807) is 0 Å². The molecular formula is C11H10N2O4. The van der Waals surface area contributed by atoms with Crippen LogP contribution in [0.5, 0.6) is 0 Å². The van der Waals surface area contributed by atoms with Gasteiger partial charge in [-0.15, -0.1) is 0 Å². The fourth-order valence-electron chi connectivity index (χ4n) is 1.55. The van der Waals surface area contributed by atoms with Gasteiger partial charge in [-0.3, -0.25) is 9.59 Å². The van der Waals surface area contributed by atoms with Crippen molar-refractivity contribution in [1.29, 1.82) is 0 Å². The summed E-state index contributed by atoms with van der Waals surface area (Å²) in [6.07, 6.45) is 3.64. The smallest absolute Gasteiger partial charge is 0.307 e. The number of allylic oxidation sites excluding steroid dienone is 1. The van der Waals surface area contributed by atoms with E-state index in [9.17, 15) is 9.59 Å². The van der Waals surface area contributed by atoms with E-state index in [2.05, 4.69) is 9.98 Å². The van der Waals surface area contributed by atoms with Gasteiger partial charge in [0.25, 0.3) is 5.91 Å². The Hall–Kier alpha value is -2.08. The number of amides is 1. The molecule has 1 aliphatic heterocycles. The average molecular weight is 234 g/mol. The van der Waals surface area contributed by atoms with Gasteiger partial charge >= 0.3 is 5.97 Å². The Morgan fingerprint density at radius 3 is 2.88 bits per heavy atom. The molecule has 17 heavy (non-hydrogen) atoms. The Balaban J connectivity index is 2.37. The minimum absolute atomic E-state index is 0.311. The molecule has 1 unspecified atom stereocenters. The quantitative estimate of drug-likeness (QED) is 0.648. The number of methoxy groups -OCH3 is 1. The topological polar surface area (TPSA) is 77.3 Å². The van der Waals surface area contributed by atoms with Crippen LogP contribution < -0.4 is 0 Å². The number of hydrogen-bond donors (Lipinski definition) is 0. The third-order valence-electron chi connectivity index (χ3n) is 2.27. The van der Waals surface area contributed by atoms with Crippen molar-refractivity contribution in [1.82, 2.24) is 0 Å². The fraction of sp³-hybridized carbons (Fsp3) is 0.273. The molecule has 0 aromatic heterocycles. The number of ether oxygens (including phenoxy) is 2. The lowest BCUT2D eigenvalue weighted by molar-refractivity contribution is -0.138. The van der Waals surface area contributed by atoms with E-state index >= 15 is 0 Å². The second-order valence-corrected chi connectivity index (χ2v) is 3.44. The highest BCUT2D eigenvalue weighted by atomic mass is 16.6. The Morgan fingerprint density at radius 1 is 1.47 bits per heavy atom. The molecule has 0 N–H and O–H groups in total. The molecule has 0 saturated carbocycles. The van der Waals surface area contributed by atoms with Crippen molar-refractivity contribution >= 4 is 23.9 Å². The van der Waals surface area contributed by atoms with Crippen molar-refractivity contribution < 1.29 is 19.1 Å². The lowest BCUT2D eigenvalue weighted by atomic mass is 9.99. The Labute approximate surface area is 97.3 Å². The van der Waals surface area contributed by atoms with Gasteiger partial charge in [-0.05, 0) is 6.08 Å².